The number of nitrogens with one attached hydrogen (secondary N) is 1. The predicted molar refractivity (Wildman–Crippen MR) is 104 cm³/mol. The molecule has 5 rings (SSSR count). The van der Waals surface area contributed by atoms with E-state index in [1.165, 1.54) is 0 Å². The van der Waals surface area contributed by atoms with Crippen molar-refractivity contribution >= 4 is 17.5 Å². The van der Waals surface area contributed by atoms with Crippen molar-refractivity contribution in [2.75, 3.05) is 26.5 Å². The Morgan fingerprint density at radius 1 is 1.25 bits per heavy atom. The standard InChI is InChI=1S/C21H21ClN2O4/c22-17-6-19-18(27-12-28-19)5-14(17)8-24-9-15(10-25)21(11-24)7-13-3-1-2-4-16(13)20(26)23-21/h1-6,15,25H,7-12H2,(H,23,26)/t15-,21+/m1/s1. The van der Waals surface area contributed by atoms with Crippen LogP contribution in [0.15, 0.2) is 36.4 Å². The number of aliphatic hydroxyl groups is 1. The average Bonchev–Trinajstić information content (AvgIpc) is 3.26. The summed E-state index contributed by atoms with van der Waals surface area (Å²) in [5.41, 5.74) is 2.24. The van der Waals surface area contributed by atoms with Gasteiger partial charge in [0.2, 0.25) is 6.79 Å². The van der Waals surface area contributed by atoms with Gasteiger partial charge in [0.15, 0.2) is 11.5 Å². The number of rotatable bonds is 3. The van der Waals surface area contributed by atoms with Crippen LogP contribution in [0.2, 0.25) is 5.02 Å². The molecule has 7 heteroatoms. The highest BCUT2D eigenvalue weighted by Gasteiger charge is 2.49. The van der Waals surface area contributed by atoms with Crippen LogP contribution in [0.4, 0.5) is 0 Å². The van der Waals surface area contributed by atoms with E-state index in [0.29, 0.717) is 42.6 Å². The monoisotopic (exact) mass is 400 g/mol. The molecule has 2 aromatic rings. The van der Waals surface area contributed by atoms with Crippen molar-refractivity contribution in [3.63, 3.8) is 0 Å². The summed E-state index contributed by atoms with van der Waals surface area (Å²) in [5, 5.41) is 13.9. The van der Waals surface area contributed by atoms with E-state index < -0.39 is 5.54 Å². The minimum atomic E-state index is -0.469. The van der Waals surface area contributed by atoms with Crippen LogP contribution < -0.4 is 14.8 Å². The van der Waals surface area contributed by atoms with Gasteiger partial charge in [-0.3, -0.25) is 9.69 Å². The van der Waals surface area contributed by atoms with Crippen LogP contribution in [0.25, 0.3) is 0 Å². The molecule has 2 aromatic carbocycles. The van der Waals surface area contributed by atoms with Gasteiger partial charge in [-0.05, 0) is 29.7 Å². The minimum Gasteiger partial charge on any atom is -0.454 e. The Hall–Kier alpha value is -2.28. The van der Waals surface area contributed by atoms with Crippen molar-refractivity contribution in [2.45, 2.75) is 18.5 Å². The number of amides is 1. The number of halogens is 1. The lowest BCUT2D eigenvalue weighted by Gasteiger charge is -2.39. The Kier molecular flexibility index (Phi) is 4.23. The third kappa shape index (κ3) is 2.83. The van der Waals surface area contributed by atoms with Gasteiger partial charge >= 0.3 is 0 Å². The van der Waals surface area contributed by atoms with Crippen LogP contribution in [0.5, 0.6) is 11.5 Å². The Morgan fingerprint density at radius 2 is 2.04 bits per heavy atom. The molecular formula is C21H21ClN2O4. The van der Waals surface area contributed by atoms with Gasteiger partial charge in [0, 0.05) is 48.8 Å². The summed E-state index contributed by atoms with van der Waals surface area (Å²) in [4.78, 5) is 14.9. The molecule has 0 radical (unpaired) electrons. The number of carbonyl (C=O) groups is 1. The molecule has 2 N–H and O–H groups in total. The zero-order chi connectivity index (χ0) is 19.3. The van der Waals surface area contributed by atoms with Crippen molar-refractivity contribution in [3.8, 4) is 11.5 Å². The van der Waals surface area contributed by atoms with Crippen LogP contribution in [-0.2, 0) is 13.0 Å². The molecule has 0 aliphatic carbocycles. The van der Waals surface area contributed by atoms with Gasteiger partial charge in [0.05, 0.1) is 5.54 Å². The molecule has 1 amide bonds. The lowest BCUT2D eigenvalue weighted by Crippen LogP contribution is -2.59. The quantitative estimate of drug-likeness (QED) is 0.826. The number of aliphatic hydroxyl groups excluding tert-OH is 1. The highest BCUT2D eigenvalue weighted by molar-refractivity contribution is 6.31. The summed E-state index contributed by atoms with van der Waals surface area (Å²) >= 11 is 6.44. The maximum Gasteiger partial charge on any atom is 0.252 e. The highest BCUT2D eigenvalue weighted by Crippen LogP contribution is 2.39. The first kappa shape index (κ1) is 17.8. The predicted octanol–water partition coefficient (Wildman–Crippen LogP) is 2.22. The maximum atomic E-state index is 12.7. The van der Waals surface area contributed by atoms with E-state index in [-0.39, 0.29) is 25.2 Å². The molecule has 6 nitrogen and oxygen atoms in total. The van der Waals surface area contributed by atoms with Gasteiger partial charge in [0.1, 0.15) is 0 Å². The number of fused-ring (bicyclic) bond motifs is 2. The molecule has 3 aliphatic rings. The summed E-state index contributed by atoms with van der Waals surface area (Å²) in [6, 6.07) is 11.4. The lowest BCUT2D eigenvalue weighted by molar-refractivity contribution is 0.0817. The van der Waals surface area contributed by atoms with Crippen molar-refractivity contribution in [1.82, 2.24) is 10.2 Å². The second kappa shape index (κ2) is 6.65. The number of ether oxygens (including phenoxy) is 2. The zero-order valence-corrected chi connectivity index (χ0v) is 16.0. The highest BCUT2D eigenvalue weighted by atomic mass is 35.5. The first-order chi connectivity index (χ1) is 13.6. The molecule has 0 unspecified atom stereocenters. The first-order valence-corrected chi connectivity index (χ1v) is 9.77. The van der Waals surface area contributed by atoms with Crippen molar-refractivity contribution in [3.05, 3.63) is 58.1 Å². The third-order valence-corrected chi connectivity index (χ3v) is 6.40. The van der Waals surface area contributed by atoms with Gasteiger partial charge in [0.25, 0.3) is 5.91 Å². The molecule has 3 heterocycles. The van der Waals surface area contributed by atoms with Crippen LogP contribution in [0.1, 0.15) is 21.5 Å². The van der Waals surface area contributed by atoms with Gasteiger partial charge < -0.3 is 19.9 Å². The number of likely N-dealkylation sites (tertiary alicyclic amines) is 1. The summed E-state index contributed by atoms with van der Waals surface area (Å²) in [6.45, 7) is 2.19. The molecule has 3 aliphatic heterocycles. The summed E-state index contributed by atoms with van der Waals surface area (Å²) in [7, 11) is 0. The Labute approximate surface area is 168 Å². The number of carbonyl (C=O) groups excluding carboxylic acids is 1. The van der Waals surface area contributed by atoms with Gasteiger partial charge in [-0.2, -0.15) is 0 Å². The largest absolute Gasteiger partial charge is 0.454 e. The van der Waals surface area contributed by atoms with E-state index in [9.17, 15) is 9.90 Å². The Bertz CT molecular complexity index is 950. The van der Waals surface area contributed by atoms with E-state index in [0.717, 1.165) is 16.7 Å². The molecule has 1 fully saturated rings. The van der Waals surface area contributed by atoms with Crippen LogP contribution in [0.3, 0.4) is 0 Å². The molecule has 146 valence electrons. The Morgan fingerprint density at radius 3 is 2.86 bits per heavy atom. The smallest absolute Gasteiger partial charge is 0.252 e. The molecule has 0 bridgehead atoms. The van der Waals surface area contributed by atoms with Crippen LogP contribution in [0, 0.1) is 5.92 Å². The molecule has 0 aromatic heterocycles. The average molecular weight is 401 g/mol. The number of benzene rings is 2. The fourth-order valence-corrected chi connectivity index (χ4v) is 4.88. The second-order valence-electron chi connectivity index (χ2n) is 7.79. The first-order valence-electron chi connectivity index (χ1n) is 9.40. The summed E-state index contributed by atoms with van der Waals surface area (Å²) < 4.78 is 10.8. The maximum absolute atomic E-state index is 12.7. The second-order valence-corrected chi connectivity index (χ2v) is 8.20. The normalized spacial score (nSPS) is 25.8. The van der Waals surface area contributed by atoms with E-state index in [1.807, 2.05) is 30.3 Å². The molecule has 28 heavy (non-hydrogen) atoms. The molecule has 1 spiro atoms. The van der Waals surface area contributed by atoms with Crippen LogP contribution >= 0.6 is 11.6 Å². The molecule has 1 saturated heterocycles. The fourth-order valence-electron chi connectivity index (χ4n) is 4.67. The minimum absolute atomic E-state index is 0.0216. The van der Waals surface area contributed by atoms with E-state index in [4.69, 9.17) is 21.1 Å². The van der Waals surface area contributed by atoms with E-state index in [2.05, 4.69) is 10.2 Å². The van der Waals surface area contributed by atoms with Crippen molar-refractivity contribution in [1.29, 1.82) is 0 Å². The third-order valence-electron chi connectivity index (χ3n) is 6.05. The Balaban J connectivity index is 1.41. The molecule has 2 atom stereocenters. The van der Waals surface area contributed by atoms with Gasteiger partial charge in [-0.15, -0.1) is 0 Å². The molecular weight excluding hydrogens is 380 g/mol. The van der Waals surface area contributed by atoms with Gasteiger partial charge in [-0.25, -0.2) is 0 Å². The van der Waals surface area contributed by atoms with E-state index >= 15 is 0 Å². The van der Waals surface area contributed by atoms with Crippen molar-refractivity contribution in [2.24, 2.45) is 5.92 Å². The van der Waals surface area contributed by atoms with Crippen molar-refractivity contribution < 1.29 is 19.4 Å². The van der Waals surface area contributed by atoms with Crippen LogP contribution in [-0.4, -0.2) is 47.9 Å². The van der Waals surface area contributed by atoms with Gasteiger partial charge in [-0.1, -0.05) is 29.8 Å². The number of hydrogen-bond donors (Lipinski definition) is 2. The fraction of sp³-hybridized carbons (Fsp3) is 0.381. The summed E-state index contributed by atoms with van der Waals surface area (Å²) in [5.74, 6) is 1.25. The number of nitrogens with zero attached hydrogens (tertiary/aromatic N) is 1. The summed E-state index contributed by atoms with van der Waals surface area (Å²) in [6.07, 6.45) is 0.714. The zero-order valence-electron chi connectivity index (χ0n) is 15.3. The topological polar surface area (TPSA) is 71.0 Å². The lowest BCUT2D eigenvalue weighted by atomic mass is 9.78. The number of hydrogen-bond acceptors (Lipinski definition) is 5. The SMILES string of the molecule is O=C1N[C@@]2(Cc3ccccc31)CN(Cc1cc3c(cc1Cl)OCO3)C[C@@H]2CO. The van der Waals surface area contributed by atoms with E-state index in [1.54, 1.807) is 6.07 Å². The molecule has 0 saturated carbocycles.